The number of hydrogen-bond donors (Lipinski definition) is 1. The monoisotopic (exact) mass is 235 g/mol. The maximum absolute atomic E-state index is 11.6. The molecule has 0 aromatic heterocycles. The van der Waals surface area contributed by atoms with E-state index in [-0.39, 0.29) is 11.8 Å². The molecule has 0 radical (unpaired) electrons. The normalized spacial score (nSPS) is 13.7. The van der Waals surface area contributed by atoms with Crippen molar-refractivity contribution in [3.8, 4) is 0 Å². The number of sulfonamides is 1. The van der Waals surface area contributed by atoms with Gasteiger partial charge in [0.05, 0.1) is 4.75 Å². The number of rotatable bonds is 2. The van der Waals surface area contributed by atoms with E-state index in [1.807, 2.05) is 20.8 Å². The molecule has 0 atom stereocenters. The standard InChI is InChI=1S/C10H21NO3S/c1-9(2,3)7-8(12)11-15(13,14)10(4,5)6/h7H2,1-6H3,(H,11,12). The second-order valence-electron chi connectivity index (χ2n) is 5.88. The lowest BCUT2D eigenvalue weighted by molar-refractivity contribution is -0.121. The molecule has 0 unspecified atom stereocenters. The maximum Gasteiger partial charge on any atom is 0.239 e. The van der Waals surface area contributed by atoms with Crippen LogP contribution in [-0.4, -0.2) is 19.1 Å². The first-order chi connectivity index (χ1) is 6.35. The van der Waals surface area contributed by atoms with Crippen LogP contribution in [0.3, 0.4) is 0 Å². The Morgan fingerprint density at radius 3 is 1.73 bits per heavy atom. The first kappa shape index (κ1) is 14.4. The second-order valence-corrected chi connectivity index (χ2v) is 8.31. The average molecular weight is 235 g/mol. The van der Waals surface area contributed by atoms with Gasteiger partial charge in [0.1, 0.15) is 0 Å². The predicted octanol–water partition coefficient (Wildman–Crippen LogP) is 1.67. The Hall–Kier alpha value is -0.580. The third kappa shape index (κ3) is 5.16. The molecule has 0 aliphatic heterocycles. The molecule has 0 aliphatic carbocycles. The summed E-state index contributed by atoms with van der Waals surface area (Å²) in [6.45, 7) is 10.3. The van der Waals surface area contributed by atoms with Gasteiger partial charge in [0.2, 0.25) is 15.9 Å². The highest BCUT2D eigenvalue weighted by molar-refractivity contribution is 7.91. The average Bonchev–Trinajstić information content (AvgIpc) is 1.75. The summed E-state index contributed by atoms with van der Waals surface area (Å²) in [5, 5.41) is 0. The molecule has 0 fully saturated rings. The Balaban J connectivity index is 4.58. The van der Waals surface area contributed by atoms with Crippen LogP contribution in [0, 0.1) is 5.41 Å². The van der Waals surface area contributed by atoms with Crippen molar-refractivity contribution >= 4 is 15.9 Å². The van der Waals surface area contributed by atoms with Gasteiger partial charge >= 0.3 is 0 Å². The van der Waals surface area contributed by atoms with Gasteiger partial charge in [-0.05, 0) is 26.2 Å². The van der Waals surface area contributed by atoms with Gasteiger partial charge in [-0.1, -0.05) is 20.8 Å². The fourth-order valence-electron chi connectivity index (χ4n) is 0.821. The minimum atomic E-state index is -3.57. The van der Waals surface area contributed by atoms with Gasteiger partial charge in [-0.15, -0.1) is 0 Å². The van der Waals surface area contributed by atoms with Gasteiger partial charge in [-0.3, -0.25) is 9.52 Å². The number of amides is 1. The van der Waals surface area contributed by atoms with Crippen molar-refractivity contribution < 1.29 is 13.2 Å². The quantitative estimate of drug-likeness (QED) is 0.792. The Labute approximate surface area is 92.5 Å². The number of carbonyl (C=O) groups excluding carboxylic acids is 1. The fraction of sp³-hybridized carbons (Fsp3) is 0.900. The summed E-state index contributed by atoms with van der Waals surface area (Å²) in [4.78, 5) is 11.4. The zero-order valence-electron chi connectivity index (χ0n) is 10.3. The van der Waals surface area contributed by atoms with Crippen molar-refractivity contribution in [2.75, 3.05) is 0 Å². The molecule has 90 valence electrons. The van der Waals surface area contributed by atoms with E-state index < -0.39 is 20.7 Å². The lowest BCUT2D eigenvalue weighted by Crippen LogP contribution is -2.43. The number of hydrogen-bond acceptors (Lipinski definition) is 3. The SMILES string of the molecule is CC(C)(C)CC(=O)NS(=O)(=O)C(C)(C)C. The van der Waals surface area contributed by atoms with Gasteiger partial charge < -0.3 is 0 Å². The third-order valence-corrected chi connectivity index (χ3v) is 3.85. The summed E-state index contributed by atoms with van der Waals surface area (Å²) in [5.74, 6) is -0.447. The summed E-state index contributed by atoms with van der Waals surface area (Å²) in [5.41, 5.74) is -0.211. The van der Waals surface area contributed by atoms with Crippen molar-refractivity contribution in [1.29, 1.82) is 0 Å². The molecule has 0 aromatic carbocycles. The highest BCUT2D eigenvalue weighted by atomic mass is 32.2. The lowest BCUT2D eigenvalue weighted by atomic mass is 9.92. The van der Waals surface area contributed by atoms with Crippen LogP contribution < -0.4 is 4.72 Å². The van der Waals surface area contributed by atoms with Crippen LogP contribution in [-0.2, 0) is 14.8 Å². The van der Waals surface area contributed by atoms with Crippen molar-refractivity contribution in [2.45, 2.75) is 52.7 Å². The molecule has 5 heteroatoms. The van der Waals surface area contributed by atoms with Gasteiger partial charge in [0, 0.05) is 6.42 Å². The van der Waals surface area contributed by atoms with Crippen molar-refractivity contribution in [1.82, 2.24) is 4.72 Å². The topological polar surface area (TPSA) is 63.2 Å². The molecule has 4 nitrogen and oxygen atoms in total. The third-order valence-electron chi connectivity index (χ3n) is 1.75. The Morgan fingerprint density at radius 1 is 1.07 bits per heavy atom. The van der Waals surface area contributed by atoms with Crippen LogP contribution in [0.2, 0.25) is 0 Å². The van der Waals surface area contributed by atoms with Gasteiger partial charge in [-0.25, -0.2) is 8.42 Å². The molecular weight excluding hydrogens is 214 g/mol. The van der Waals surface area contributed by atoms with E-state index in [1.54, 1.807) is 20.8 Å². The van der Waals surface area contributed by atoms with E-state index in [9.17, 15) is 13.2 Å². The summed E-state index contributed by atoms with van der Waals surface area (Å²) in [6, 6.07) is 0. The van der Waals surface area contributed by atoms with Crippen LogP contribution in [0.25, 0.3) is 0 Å². The first-order valence-corrected chi connectivity index (χ1v) is 6.39. The molecule has 1 amide bonds. The van der Waals surface area contributed by atoms with E-state index in [1.165, 1.54) is 0 Å². The Kier molecular flexibility index (Phi) is 3.96. The van der Waals surface area contributed by atoms with E-state index in [2.05, 4.69) is 4.72 Å². The lowest BCUT2D eigenvalue weighted by Gasteiger charge is -2.22. The molecule has 0 aliphatic rings. The molecule has 0 rings (SSSR count). The van der Waals surface area contributed by atoms with Crippen LogP contribution in [0.5, 0.6) is 0 Å². The van der Waals surface area contributed by atoms with Crippen LogP contribution in [0.4, 0.5) is 0 Å². The van der Waals surface area contributed by atoms with Crippen molar-refractivity contribution in [2.24, 2.45) is 5.41 Å². The summed E-state index contributed by atoms with van der Waals surface area (Å²) < 4.78 is 24.4. The first-order valence-electron chi connectivity index (χ1n) is 4.90. The minimum Gasteiger partial charge on any atom is -0.274 e. The number of nitrogens with one attached hydrogen (secondary N) is 1. The molecule has 0 heterocycles. The summed E-state index contributed by atoms with van der Waals surface area (Å²) >= 11 is 0. The molecule has 15 heavy (non-hydrogen) atoms. The summed E-state index contributed by atoms with van der Waals surface area (Å²) in [6.07, 6.45) is 0.197. The zero-order chi connectivity index (χ0) is 12.5. The second kappa shape index (κ2) is 4.12. The maximum atomic E-state index is 11.6. The molecular formula is C10H21NO3S. The number of carbonyl (C=O) groups is 1. The zero-order valence-corrected chi connectivity index (χ0v) is 11.2. The predicted molar refractivity (Wildman–Crippen MR) is 60.9 cm³/mol. The fourth-order valence-corrected chi connectivity index (χ4v) is 1.50. The Bertz CT molecular complexity index is 331. The van der Waals surface area contributed by atoms with E-state index in [4.69, 9.17) is 0 Å². The van der Waals surface area contributed by atoms with E-state index in [0.29, 0.717) is 0 Å². The van der Waals surface area contributed by atoms with E-state index in [0.717, 1.165) is 0 Å². The minimum absolute atomic E-state index is 0.197. The van der Waals surface area contributed by atoms with Gasteiger partial charge in [0.25, 0.3) is 0 Å². The van der Waals surface area contributed by atoms with Crippen LogP contribution in [0.1, 0.15) is 48.0 Å². The molecule has 0 saturated heterocycles. The smallest absolute Gasteiger partial charge is 0.239 e. The highest BCUT2D eigenvalue weighted by Crippen LogP contribution is 2.19. The summed E-state index contributed by atoms with van der Waals surface area (Å²) in [7, 11) is -3.57. The van der Waals surface area contributed by atoms with Crippen LogP contribution >= 0.6 is 0 Å². The highest BCUT2D eigenvalue weighted by Gasteiger charge is 2.31. The van der Waals surface area contributed by atoms with Gasteiger partial charge in [0.15, 0.2) is 0 Å². The largest absolute Gasteiger partial charge is 0.274 e. The van der Waals surface area contributed by atoms with E-state index >= 15 is 0 Å². The van der Waals surface area contributed by atoms with Gasteiger partial charge in [-0.2, -0.15) is 0 Å². The molecule has 1 N–H and O–H groups in total. The van der Waals surface area contributed by atoms with Crippen LogP contribution in [0.15, 0.2) is 0 Å². The van der Waals surface area contributed by atoms with Crippen molar-refractivity contribution in [3.63, 3.8) is 0 Å². The molecule has 0 aromatic rings. The molecule has 0 bridgehead atoms. The molecule has 0 saturated carbocycles. The van der Waals surface area contributed by atoms with Crippen molar-refractivity contribution in [3.05, 3.63) is 0 Å². The molecule has 0 spiro atoms. The Morgan fingerprint density at radius 2 is 1.47 bits per heavy atom.